The summed E-state index contributed by atoms with van der Waals surface area (Å²) in [6.07, 6.45) is -0.759. The second kappa shape index (κ2) is 12.2. The zero-order valence-electron chi connectivity index (χ0n) is 14.7. The van der Waals surface area contributed by atoms with E-state index in [4.69, 9.17) is 26.2 Å². The van der Waals surface area contributed by atoms with Gasteiger partial charge in [0.1, 0.15) is 6.04 Å². The summed E-state index contributed by atoms with van der Waals surface area (Å²) in [5.74, 6) is -7.25. The van der Waals surface area contributed by atoms with Gasteiger partial charge in [-0.3, -0.25) is 38.6 Å². The first-order valence-corrected chi connectivity index (χ1v) is 7.81. The molecule has 0 fully saturated rings. The van der Waals surface area contributed by atoms with Crippen LogP contribution in [0.15, 0.2) is 0 Å². The molecule has 0 aliphatic carbocycles. The maximum Gasteiger partial charge on any atom is 0.317 e. The normalized spacial score (nSPS) is 11.8. The lowest BCUT2D eigenvalue weighted by Crippen LogP contribution is -2.50. The van der Waals surface area contributed by atoms with Crippen LogP contribution < -0.4 is 11.1 Å². The van der Waals surface area contributed by atoms with Crippen LogP contribution in [0.1, 0.15) is 6.42 Å². The number of nitrogens with one attached hydrogen (secondary N) is 1. The van der Waals surface area contributed by atoms with Crippen molar-refractivity contribution in [1.82, 2.24) is 15.1 Å². The molecule has 28 heavy (non-hydrogen) atoms. The molecule has 0 unspecified atom stereocenters. The monoisotopic (exact) mass is 406 g/mol. The van der Waals surface area contributed by atoms with E-state index in [1.165, 1.54) is 0 Å². The van der Waals surface area contributed by atoms with Crippen LogP contribution in [0.4, 0.5) is 0 Å². The number of rotatable bonds is 15. The summed E-state index contributed by atoms with van der Waals surface area (Å²) < 4.78 is 0. The van der Waals surface area contributed by atoms with E-state index in [0.717, 1.165) is 9.80 Å². The summed E-state index contributed by atoms with van der Waals surface area (Å²) in [5, 5.41) is 37.2. The third-order valence-electron chi connectivity index (χ3n) is 3.23. The van der Waals surface area contributed by atoms with Crippen molar-refractivity contribution in [3.8, 4) is 0 Å². The molecule has 158 valence electrons. The maximum atomic E-state index is 12.0. The molecule has 14 nitrogen and oxygen atoms in total. The summed E-state index contributed by atoms with van der Waals surface area (Å²) in [4.78, 5) is 68.4. The molecule has 1 atom stereocenters. The van der Waals surface area contributed by atoms with Gasteiger partial charge >= 0.3 is 23.9 Å². The second-order valence-electron chi connectivity index (χ2n) is 5.72. The highest BCUT2D eigenvalue weighted by Gasteiger charge is 2.23. The Kier molecular flexibility index (Phi) is 10.8. The number of hydrogen-bond donors (Lipinski definition) is 6. The average molecular weight is 406 g/mol. The number of carbonyl (C=O) groups excluding carboxylic acids is 2. The van der Waals surface area contributed by atoms with Crippen LogP contribution in [-0.4, -0.2) is 111 Å². The van der Waals surface area contributed by atoms with Gasteiger partial charge in [0.2, 0.25) is 11.8 Å². The van der Waals surface area contributed by atoms with E-state index in [9.17, 15) is 28.8 Å². The topological polar surface area (TPSA) is 228 Å². The highest BCUT2D eigenvalue weighted by atomic mass is 16.4. The van der Waals surface area contributed by atoms with Crippen molar-refractivity contribution >= 4 is 35.7 Å². The minimum absolute atomic E-state index is 0.173. The van der Waals surface area contributed by atoms with Crippen LogP contribution in [0.3, 0.4) is 0 Å². The van der Waals surface area contributed by atoms with E-state index in [-0.39, 0.29) is 13.1 Å². The van der Waals surface area contributed by atoms with Gasteiger partial charge in [-0.25, -0.2) is 0 Å². The molecule has 0 spiro atoms. The molecule has 0 aromatic carbocycles. The summed E-state index contributed by atoms with van der Waals surface area (Å²) in [7, 11) is 0. The van der Waals surface area contributed by atoms with Crippen molar-refractivity contribution in [1.29, 1.82) is 0 Å². The van der Waals surface area contributed by atoms with Gasteiger partial charge in [-0.1, -0.05) is 0 Å². The molecule has 0 rings (SSSR count). The highest BCUT2D eigenvalue weighted by molar-refractivity contribution is 5.90. The number of carbonyl (C=O) groups is 6. The SMILES string of the molecule is NC(=O)[C@@H](CC(=O)O)NC(=O)CN(CCN(CC(=O)O)CC(=O)O)CC(=O)O. The van der Waals surface area contributed by atoms with Crippen molar-refractivity contribution in [3.05, 3.63) is 0 Å². The predicted molar refractivity (Wildman–Crippen MR) is 89.2 cm³/mol. The van der Waals surface area contributed by atoms with Crippen LogP contribution in [0.25, 0.3) is 0 Å². The molecule has 0 aromatic rings. The van der Waals surface area contributed by atoms with E-state index < -0.39 is 74.3 Å². The van der Waals surface area contributed by atoms with Crippen LogP contribution in [0.2, 0.25) is 0 Å². The Bertz CT molecular complexity index is 607. The van der Waals surface area contributed by atoms with Crippen molar-refractivity contribution in [2.24, 2.45) is 5.73 Å². The number of hydrogen-bond acceptors (Lipinski definition) is 8. The number of nitrogens with zero attached hydrogens (tertiary/aromatic N) is 2. The summed E-state index contributed by atoms with van der Waals surface area (Å²) in [6, 6.07) is -1.49. The lowest BCUT2D eigenvalue weighted by atomic mass is 10.2. The summed E-state index contributed by atoms with van der Waals surface area (Å²) in [6.45, 7) is -2.78. The Morgan fingerprint density at radius 1 is 0.714 bits per heavy atom. The number of primary amides is 1. The van der Waals surface area contributed by atoms with Gasteiger partial charge in [-0.15, -0.1) is 0 Å². The number of amides is 2. The van der Waals surface area contributed by atoms with Gasteiger partial charge in [-0.2, -0.15) is 0 Å². The van der Waals surface area contributed by atoms with Crippen molar-refractivity contribution in [2.75, 3.05) is 39.3 Å². The predicted octanol–water partition coefficient (Wildman–Crippen LogP) is -3.71. The Morgan fingerprint density at radius 3 is 1.43 bits per heavy atom. The maximum absolute atomic E-state index is 12.0. The van der Waals surface area contributed by atoms with Crippen LogP contribution in [-0.2, 0) is 28.8 Å². The van der Waals surface area contributed by atoms with Gasteiger partial charge in [0.05, 0.1) is 32.6 Å². The summed E-state index contributed by atoms with van der Waals surface area (Å²) in [5.41, 5.74) is 4.99. The van der Waals surface area contributed by atoms with E-state index in [2.05, 4.69) is 5.32 Å². The first-order valence-electron chi connectivity index (χ1n) is 7.81. The number of nitrogens with two attached hydrogens (primary N) is 1. The zero-order chi connectivity index (χ0) is 21.9. The van der Waals surface area contributed by atoms with Gasteiger partial charge in [-0.05, 0) is 0 Å². The Labute approximate surface area is 158 Å². The molecule has 0 aliphatic heterocycles. The van der Waals surface area contributed by atoms with Gasteiger partial charge in [0, 0.05) is 13.1 Å². The standard InChI is InChI=1S/C14H22N4O10/c15-14(28)8(3-10(20)21)16-9(19)4-17(5-11(22)23)1-2-18(6-12(24)25)7-13(26)27/h8H,1-7H2,(H2,15,28)(H,16,19)(H,20,21)(H,22,23)(H,24,25)(H,26,27)/t8-/m1/s1. The van der Waals surface area contributed by atoms with Gasteiger partial charge in [0.15, 0.2) is 0 Å². The van der Waals surface area contributed by atoms with Crippen LogP contribution >= 0.6 is 0 Å². The molecule has 14 heteroatoms. The Balaban J connectivity index is 4.95. The van der Waals surface area contributed by atoms with Crippen LogP contribution in [0, 0.1) is 0 Å². The molecule has 0 aliphatic rings. The van der Waals surface area contributed by atoms with Crippen molar-refractivity contribution in [2.45, 2.75) is 12.5 Å². The third kappa shape index (κ3) is 12.2. The van der Waals surface area contributed by atoms with Crippen LogP contribution in [0.5, 0.6) is 0 Å². The Morgan fingerprint density at radius 2 is 1.11 bits per heavy atom. The fourth-order valence-electron chi connectivity index (χ4n) is 2.13. The minimum atomic E-state index is -1.49. The lowest BCUT2D eigenvalue weighted by Gasteiger charge is -2.25. The number of carboxylic acids is 4. The fraction of sp³-hybridized carbons (Fsp3) is 0.571. The number of carboxylic acid groups (broad SMARTS) is 4. The van der Waals surface area contributed by atoms with E-state index >= 15 is 0 Å². The molecular weight excluding hydrogens is 384 g/mol. The van der Waals surface area contributed by atoms with Gasteiger partial charge in [0.25, 0.3) is 0 Å². The molecule has 7 N–H and O–H groups in total. The van der Waals surface area contributed by atoms with Crippen molar-refractivity contribution in [3.63, 3.8) is 0 Å². The number of aliphatic carboxylic acids is 4. The van der Waals surface area contributed by atoms with Gasteiger partial charge < -0.3 is 31.5 Å². The molecule has 0 saturated carbocycles. The minimum Gasteiger partial charge on any atom is -0.481 e. The van der Waals surface area contributed by atoms with E-state index in [0.29, 0.717) is 0 Å². The smallest absolute Gasteiger partial charge is 0.317 e. The molecule has 0 bridgehead atoms. The average Bonchev–Trinajstić information content (AvgIpc) is 2.49. The first kappa shape index (κ1) is 24.7. The zero-order valence-corrected chi connectivity index (χ0v) is 14.7. The molecule has 0 aromatic heterocycles. The molecular formula is C14H22N4O10. The molecule has 0 saturated heterocycles. The first-order chi connectivity index (χ1) is 12.9. The largest absolute Gasteiger partial charge is 0.481 e. The second-order valence-corrected chi connectivity index (χ2v) is 5.72. The quantitative estimate of drug-likeness (QED) is 0.154. The molecule has 2 amide bonds. The van der Waals surface area contributed by atoms with E-state index in [1.54, 1.807) is 0 Å². The Hall–Kier alpha value is -3.26. The summed E-state index contributed by atoms with van der Waals surface area (Å²) >= 11 is 0. The fourth-order valence-corrected chi connectivity index (χ4v) is 2.13. The third-order valence-corrected chi connectivity index (χ3v) is 3.23. The van der Waals surface area contributed by atoms with Crippen molar-refractivity contribution < 1.29 is 49.2 Å². The molecule has 0 heterocycles. The molecule has 0 radical (unpaired) electrons. The lowest BCUT2D eigenvalue weighted by molar-refractivity contribution is -0.144. The highest BCUT2D eigenvalue weighted by Crippen LogP contribution is 1.96. The van der Waals surface area contributed by atoms with E-state index in [1.807, 2.05) is 0 Å².